The topological polar surface area (TPSA) is 46.2 Å². The van der Waals surface area contributed by atoms with E-state index in [2.05, 4.69) is 12.2 Å². The van der Waals surface area contributed by atoms with Gasteiger partial charge in [0.15, 0.2) is 0 Å². The van der Waals surface area contributed by atoms with E-state index in [1.807, 2.05) is 0 Å². The third-order valence-electron chi connectivity index (χ3n) is 0.386. The van der Waals surface area contributed by atoms with Crippen molar-refractivity contribution < 1.29 is 5.11 Å². The van der Waals surface area contributed by atoms with Crippen molar-refractivity contribution in [2.24, 2.45) is 5.73 Å². The molecule has 36 valence electrons. The molecule has 3 heteroatoms. The van der Waals surface area contributed by atoms with Crippen LogP contribution in [0.4, 0.5) is 0 Å². The zero-order valence-electron chi connectivity index (χ0n) is 3.29. The number of hydrogen-bond acceptors (Lipinski definition) is 3. The number of rotatable bonds is 2. The molecule has 0 aliphatic rings. The summed E-state index contributed by atoms with van der Waals surface area (Å²) in [5.74, 6) is 0. The Bertz CT molecular complexity index is 48.1. The van der Waals surface area contributed by atoms with E-state index in [0.29, 0.717) is 0 Å². The van der Waals surface area contributed by atoms with Gasteiger partial charge in [-0.05, 0) is 5.37 Å². The highest BCUT2D eigenvalue weighted by Crippen LogP contribution is 1.64. The van der Waals surface area contributed by atoms with Gasteiger partial charge < -0.3 is 10.8 Å². The fourth-order valence-electron chi connectivity index (χ4n) is 0.0430. The molecule has 1 unspecified atom stereocenters. The molecule has 0 aromatic rings. The predicted molar refractivity (Wildman–Crippen MR) is 28.7 cm³/mol. The zero-order valence-corrected chi connectivity index (χ0v) is 4.11. The minimum Gasteiger partial charge on any atom is -0.394 e. The van der Waals surface area contributed by atoms with Gasteiger partial charge in [-0.1, -0.05) is 12.2 Å². The molecule has 0 heterocycles. The van der Waals surface area contributed by atoms with Crippen molar-refractivity contribution in [2.45, 2.75) is 6.04 Å². The highest BCUT2D eigenvalue weighted by molar-refractivity contribution is 7.79. The average Bonchev–Trinajstić information content (AvgIpc) is 1.65. The molecule has 0 aliphatic carbocycles. The lowest BCUT2D eigenvalue weighted by molar-refractivity contribution is 0.292. The average molecular weight is 105 g/mol. The summed E-state index contributed by atoms with van der Waals surface area (Å²) < 4.78 is 0. The van der Waals surface area contributed by atoms with E-state index in [1.165, 1.54) is 5.37 Å². The van der Waals surface area contributed by atoms with Crippen molar-refractivity contribution in [3.63, 3.8) is 0 Å². The van der Waals surface area contributed by atoms with Gasteiger partial charge in [0, 0.05) is 0 Å². The lowest BCUT2D eigenvalue weighted by Crippen LogP contribution is -2.24. The summed E-state index contributed by atoms with van der Waals surface area (Å²) >= 11 is 4.36. The van der Waals surface area contributed by atoms with Crippen molar-refractivity contribution in [3.05, 3.63) is 0 Å². The van der Waals surface area contributed by atoms with Gasteiger partial charge in [0.05, 0.1) is 12.6 Å². The second-order valence-electron chi connectivity index (χ2n) is 0.983. The van der Waals surface area contributed by atoms with Crippen LogP contribution >= 0.6 is 12.2 Å². The first-order valence-electron chi connectivity index (χ1n) is 1.63. The molecule has 0 saturated carbocycles. The Balaban J connectivity index is 2.96. The van der Waals surface area contributed by atoms with Gasteiger partial charge in [-0.3, -0.25) is 0 Å². The smallest absolute Gasteiger partial charge is 0.0626 e. The predicted octanol–water partition coefficient (Wildman–Crippen LogP) is -0.694. The highest BCUT2D eigenvalue weighted by Gasteiger charge is 1.87. The standard InChI is InChI=1S/C3H7NOS/c4-3(1-5)2-6/h2-3,5H,1,4H2. The van der Waals surface area contributed by atoms with Crippen LogP contribution in [-0.4, -0.2) is 23.1 Å². The number of hydrogen-bond donors (Lipinski definition) is 2. The fraction of sp³-hybridized carbons (Fsp3) is 0.667. The van der Waals surface area contributed by atoms with Crippen molar-refractivity contribution in [2.75, 3.05) is 6.61 Å². The van der Waals surface area contributed by atoms with Gasteiger partial charge in [0.25, 0.3) is 0 Å². The first-order chi connectivity index (χ1) is 2.81. The molecular weight excluding hydrogens is 98.1 g/mol. The Morgan fingerprint density at radius 3 is 2.50 bits per heavy atom. The van der Waals surface area contributed by atoms with Crippen molar-refractivity contribution in [1.29, 1.82) is 0 Å². The largest absolute Gasteiger partial charge is 0.394 e. The van der Waals surface area contributed by atoms with Crippen molar-refractivity contribution in [3.8, 4) is 0 Å². The summed E-state index contributed by atoms with van der Waals surface area (Å²) in [6.07, 6.45) is 0. The van der Waals surface area contributed by atoms with Crippen LogP contribution in [0, 0.1) is 0 Å². The van der Waals surface area contributed by atoms with E-state index in [4.69, 9.17) is 10.8 Å². The molecule has 0 aromatic heterocycles. The summed E-state index contributed by atoms with van der Waals surface area (Å²) in [5, 5.41) is 9.45. The summed E-state index contributed by atoms with van der Waals surface area (Å²) in [6.45, 7) is -0.0521. The first kappa shape index (κ1) is 6.01. The van der Waals surface area contributed by atoms with Crippen LogP contribution < -0.4 is 5.73 Å². The van der Waals surface area contributed by atoms with Crippen LogP contribution in [0.25, 0.3) is 0 Å². The van der Waals surface area contributed by atoms with E-state index >= 15 is 0 Å². The molecule has 0 saturated heterocycles. The van der Waals surface area contributed by atoms with E-state index in [9.17, 15) is 0 Å². The Hall–Kier alpha value is 0.01000. The van der Waals surface area contributed by atoms with E-state index in [1.54, 1.807) is 0 Å². The van der Waals surface area contributed by atoms with E-state index in [0.717, 1.165) is 0 Å². The first-order valence-corrected chi connectivity index (χ1v) is 2.10. The van der Waals surface area contributed by atoms with Crippen molar-refractivity contribution >= 4 is 17.6 Å². The molecule has 0 aromatic carbocycles. The second kappa shape index (κ2) is 3.21. The SMILES string of the molecule is NC(C=S)CO. The van der Waals surface area contributed by atoms with Crippen LogP contribution in [0.15, 0.2) is 0 Å². The molecular formula is C3H7NOS. The van der Waals surface area contributed by atoms with Gasteiger partial charge in [-0.25, -0.2) is 0 Å². The lowest BCUT2D eigenvalue weighted by Gasteiger charge is -1.92. The molecule has 3 N–H and O–H groups in total. The Morgan fingerprint density at radius 1 is 2.00 bits per heavy atom. The quantitative estimate of drug-likeness (QED) is 0.457. The van der Waals surface area contributed by atoms with E-state index in [-0.39, 0.29) is 12.6 Å². The molecule has 0 amide bonds. The maximum absolute atomic E-state index is 8.11. The van der Waals surface area contributed by atoms with Gasteiger partial charge in [0.1, 0.15) is 0 Å². The van der Waals surface area contributed by atoms with E-state index < -0.39 is 0 Å². The third kappa shape index (κ3) is 2.26. The monoisotopic (exact) mass is 105 g/mol. The van der Waals surface area contributed by atoms with Crippen LogP contribution in [0.3, 0.4) is 0 Å². The molecule has 0 bridgehead atoms. The normalized spacial score (nSPS) is 13.7. The number of thiocarbonyl (C=S) groups is 1. The van der Waals surface area contributed by atoms with Gasteiger partial charge in [-0.15, -0.1) is 0 Å². The zero-order chi connectivity index (χ0) is 4.99. The fourth-order valence-corrected chi connectivity index (χ4v) is 0.129. The minimum absolute atomic E-state index is 0.0521. The number of aliphatic hydroxyl groups excluding tert-OH is 1. The second-order valence-corrected chi connectivity index (χ2v) is 1.25. The van der Waals surface area contributed by atoms with Crippen LogP contribution in [-0.2, 0) is 0 Å². The Labute approximate surface area is 42.0 Å². The maximum atomic E-state index is 8.11. The van der Waals surface area contributed by atoms with Crippen LogP contribution in [0.5, 0.6) is 0 Å². The molecule has 0 spiro atoms. The minimum atomic E-state index is -0.319. The van der Waals surface area contributed by atoms with Crippen molar-refractivity contribution in [1.82, 2.24) is 0 Å². The number of nitrogens with two attached hydrogens (primary N) is 1. The molecule has 0 rings (SSSR count). The Kier molecular flexibility index (Phi) is 3.21. The Morgan fingerprint density at radius 2 is 2.50 bits per heavy atom. The highest BCUT2D eigenvalue weighted by atomic mass is 32.1. The molecule has 0 radical (unpaired) electrons. The van der Waals surface area contributed by atoms with Crippen LogP contribution in [0.2, 0.25) is 0 Å². The van der Waals surface area contributed by atoms with Gasteiger partial charge in [0.2, 0.25) is 0 Å². The maximum Gasteiger partial charge on any atom is 0.0626 e. The molecule has 0 fully saturated rings. The summed E-state index contributed by atoms with van der Waals surface area (Å²) in [4.78, 5) is 0. The third-order valence-corrected chi connectivity index (χ3v) is 0.735. The molecule has 0 aliphatic heterocycles. The summed E-state index contributed by atoms with van der Waals surface area (Å²) in [7, 11) is 0. The summed E-state index contributed by atoms with van der Waals surface area (Å²) in [6, 6.07) is -0.319. The lowest BCUT2D eigenvalue weighted by atomic mass is 10.4. The summed E-state index contributed by atoms with van der Waals surface area (Å²) in [5.41, 5.74) is 5.06. The number of aliphatic hydroxyl groups is 1. The molecule has 2 nitrogen and oxygen atoms in total. The van der Waals surface area contributed by atoms with Gasteiger partial charge in [-0.2, -0.15) is 0 Å². The van der Waals surface area contributed by atoms with Gasteiger partial charge >= 0.3 is 0 Å². The van der Waals surface area contributed by atoms with Crippen LogP contribution in [0.1, 0.15) is 0 Å². The molecule has 6 heavy (non-hydrogen) atoms. The molecule has 1 atom stereocenters.